The van der Waals surface area contributed by atoms with E-state index in [4.69, 9.17) is 0 Å². The molecule has 29 heavy (non-hydrogen) atoms. The van der Waals surface area contributed by atoms with Crippen LogP contribution in [-0.4, -0.2) is 48.3 Å². The Bertz CT molecular complexity index is 873. The third-order valence-corrected chi connectivity index (χ3v) is 4.86. The molecular weight excluding hydrogens is 376 g/mol. The molecule has 1 unspecified atom stereocenters. The van der Waals surface area contributed by atoms with Crippen molar-refractivity contribution in [2.24, 2.45) is 0 Å². The van der Waals surface area contributed by atoms with E-state index in [1.54, 1.807) is 25.9 Å². The number of likely N-dealkylation sites (N-methyl/N-ethyl adjacent to an activating group) is 2. The van der Waals surface area contributed by atoms with E-state index in [1.807, 2.05) is 31.2 Å². The molecule has 1 N–H and O–H groups in total. The summed E-state index contributed by atoms with van der Waals surface area (Å²) in [4.78, 5) is 28.1. The second-order valence-corrected chi connectivity index (χ2v) is 7.09. The van der Waals surface area contributed by atoms with Gasteiger partial charge in [0.25, 0.3) is 0 Å². The van der Waals surface area contributed by atoms with Gasteiger partial charge in [0.1, 0.15) is 0 Å². The number of para-hydroxylation sites is 1. The smallest absolute Gasteiger partial charge is 0.243 e. The Morgan fingerprint density at radius 1 is 1.07 bits per heavy atom. The number of carbonyl (C=O) groups is 2. The highest BCUT2D eigenvalue weighted by Gasteiger charge is 2.23. The van der Waals surface area contributed by atoms with Crippen LogP contribution in [0.1, 0.15) is 25.0 Å². The van der Waals surface area contributed by atoms with Crippen LogP contribution < -0.4 is 5.32 Å². The quantitative estimate of drug-likeness (QED) is 0.735. The van der Waals surface area contributed by atoms with Crippen LogP contribution in [0, 0.1) is 11.6 Å². The van der Waals surface area contributed by atoms with Crippen LogP contribution in [0.3, 0.4) is 0 Å². The van der Waals surface area contributed by atoms with Crippen LogP contribution in [-0.2, 0) is 22.6 Å². The first-order valence-electron chi connectivity index (χ1n) is 9.49. The van der Waals surface area contributed by atoms with Gasteiger partial charge in [0.05, 0.1) is 12.6 Å². The third-order valence-electron chi connectivity index (χ3n) is 4.86. The Morgan fingerprint density at radius 3 is 2.41 bits per heavy atom. The van der Waals surface area contributed by atoms with E-state index in [2.05, 4.69) is 5.32 Å². The highest BCUT2D eigenvalue weighted by Crippen LogP contribution is 2.16. The van der Waals surface area contributed by atoms with E-state index >= 15 is 0 Å². The fraction of sp³-hybridized carbons (Fsp3) is 0.364. The molecule has 0 heterocycles. The normalized spacial score (nSPS) is 12.0. The van der Waals surface area contributed by atoms with Gasteiger partial charge in [0.15, 0.2) is 11.6 Å². The van der Waals surface area contributed by atoms with Crippen LogP contribution in [0.25, 0.3) is 0 Å². The summed E-state index contributed by atoms with van der Waals surface area (Å²) in [5.41, 5.74) is 2.32. The molecule has 0 spiro atoms. The van der Waals surface area contributed by atoms with Gasteiger partial charge in [-0.25, -0.2) is 8.78 Å². The summed E-state index contributed by atoms with van der Waals surface area (Å²) in [6.45, 7) is 3.91. The Kier molecular flexibility index (Phi) is 7.84. The fourth-order valence-corrected chi connectivity index (χ4v) is 3.00. The highest BCUT2D eigenvalue weighted by atomic mass is 19.2. The molecule has 0 aliphatic carbocycles. The Balaban J connectivity index is 1.93. The predicted octanol–water partition coefficient (Wildman–Crippen LogP) is 3.44. The Hall–Kier alpha value is -2.80. The van der Waals surface area contributed by atoms with E-state index < -0.39 is 17.7 Å². The van der Waals surface area contributed by atoms with E-state index in [9.17, 15) is 18.4 Å². The van der Waals surface area contributed by atoms with Gasteiger partial charge in [-0.1, -0.05) is 31.2 Å². The lowest BCUT2D eigenvalue weighted by molar-refractivity contribution is -0.137. The summed E-state index contributed by atoms with van der Waals surface area (Å²) < 4.78 is 26.4. The van der Waals surface area contributed by atoms with Gasteiger partial charge in [-0.15, -0.1) is 0 Å². The second-order valence-electron chi connectivity index (χ2n) is 7.09. The SMILES string of the molecule is CCc1ccccc1NC(=O)CN(C)C(=O)C(C)N(C)Cc1ccc(F)c(F)c1. The third kappa shape index (κ3) is 6.09. The van der Waals surface area contributed by atoms with Crippen LogP contribution in [0.2, 0.25) is 0 Å². The minimum Gasteiger partial charge on any atom is -0.335 e. The summed E-state index contributed by atoms with van der Waals surface area (Å²) in [6.07, 6.45) is 0.789. The first-order chi connectivity index (χ1) is 13.7. The number of aryl methyl sites for hydroxylation is 1. The molecule has 2 amide bonds. The summed E-state index contributed by atoms with van der Waals surface area (Å²) in [6, 6.07) is 10.7. The van der Waals surface area contributed by atoms with Gasteiger partial charge in [0.2, 0.25) is 11.8 Å². The molecule has 0 fully saturated rings. The van der Waals surface area contributed by atoms with Crippen LogP contribution in [0.4, 0.5) is 14.5 Å². The van der Waals surface area contributed by atoms with Crippen LogP contribution in [0.5, 0.6) is 0 Å². The molecular formula is C22H27F2N3O2. The molecule has 0 aliphatic heterocycles. The number of benzene rings is 2. The summed E-state index contributed by atoms with van der Waals surface area (Å²) in [5.74, 6) is -2.35. The van der Waals surface area contributed by atoms with Gasteiger partial charge in [-0.3, -0.25) is 14.5 Å². The molecule has 2 aromatic rings. The molecule has 2 aromatic carbocycles. The van der Waals surface area contributed by atoms with E-state index in [-0.39, 0.29) is 24.9 Å². The van der Waals surface area contributed by atoms with E-state index in [1.165, 1.54) is 11.0 Å². The van der Waals surface area contributed by atoms with Crippen LogP contribution in [0.15, 0.2) is 42.5 Å². The zero-order valence-electron chi connectivity index (χ0n) is 17.2. The first-order valence-corrected chi connectivity index (χ1v) is 9.49. The van der Waals surface area contributed by atoms with Crippen molar-refractivity contribution in [3.8, 4) is 0 Å². The van der Waals surface area contributed by atoms with Crippen molar-refractivity contribution in [1.82, 2.24) is 9.80 Å². The van der Waals surface area contributed by atoms with Crippen LogP contribution >= 0.6 is 0 Å². The van der Waals surface area contributed by atoms with Crippen molar-refractivity contribution in [3.05, 3.63) is 65.2 Å². The topological polar surface area (TPSA) is 52.7 Å². The van der Waals surface area contributed by atoms with Gasteiger partial charge in [-0.05, 0) is 49.7 Å². The molecule has 0 saturated heterocycles. The lowest BCUT2D eigenvalue weighted by Crippen LogP contribution is -2.46. The summed E-state index contributed by atoms with van der Waals surface area (Å²) in [5, 5.41) is 2.84. The molecule has 7 heteroatoms. The molecule has 0 radical (unpaired) electrons. The predicted molar refractivity (Wildman–Crippen MR) is 109 cm³/mol. The molecule has 2 rings (SSSR count). The van der Waals surface area contributed by atoms with Gasteiger partial charge in [-0.2, -0.15) is 0 Å². The second kappa shape index (κ2) is 10.1. The largest absolute Gasteiger partial charge is 0.335 e. The summed E-state index contributed by atoms with van der Waals surface area (Å²) in [7, 11) is 3.28. The minimum atomic E-state index is -0.920. The van der Waals surface area contributed by atoms with Crippen molar-refractivity contribution in [1.29, 1.82) is 0 Å². The maximum Gasteiger partial charge on any atom is 0.243 e. The van der Waals surface area contributed by atoms with E-state index in [0.717, 1.165) is 29.8 Å². The molecule has 5 nitrogen and oxygen atoms in total. The van der Waals surface area contributed by atoms with Crippen molar-refractivity contribution in [2.75, 3.05) is 26.0 Å². The molecule has 156 valence electrons. The number of carbonyl (C=O) groups excluding carboxylic acids is 2. The molecule has 0 saturated carbocycles. The zero-order valence-corrected chi connectivity index (χ0v) is 17.2. The number of hydrogen-bond donors (Lipinski definition) is 1. The Labute approximate surface area is 170 Å². The molecule has 0 bridgehead atoms. The minimum absolute atomic E-state index is 0.0831. The van der Waals surface area contributed by atoms with Crippen molar-refractivity contribution in [2.45, 2.75) is 32.9 Å². The van der Waals surface area contributed by atoms with Crippen molar-refractivity contribution < 1.29 is 18.4 Å². The standard InChI is InChI=1S/C22H27F2N3O2/c1-5-17-8-6-7-9-20(17)25-21(28)14-27(4)22(29)15(2)26(3)13-16-10-11-18(23)19(24)12-16/h6-12,15H,5,13-14H2,1-4H3,(H,25,28). The number of halogens is 2. The lowest BCUT2D eigenvalue weighted by atomic mass is 10.1. The van der Waals surface area contributed by atoms with Crippen molar-refractivity contribution in [3.63, 3.8) is 0 Å². The number of amides is 2. The number of nitrogens with one attached hydrogen (secondary N) is 1. The monoisotopic (exact) mass is 403 g/mol. The van der Waals surface area contributed by atoms with Gasteiger partial charge < -0.3 is 10.2 Å². The molecule has 0 aliphatic rings. The first kappa shape index (κ1) is 22.5. The zero-order chi connectivity index (χ0) is 21.6. The Morgan fingerprint density at radius 2 is 1.76 bits per heavy atom. The van der Waals surface area contributed by atoms with Gasteiger partial charge in [0, 0.05) is 19.3 Å². The summed E-state index contributed by atoms with van der Waals surface area (Å²) >= 11 is 0. The average Bonchev–Trinajstić information content (AvgIpc) is 2.69. The number of rotatable bonds is 8. The van der Waals surface area contributed by atoms with E-state index in [0.29, 0.717) is 5.56 Å². The molecule has 0 aromatic heterocycles. The lowest BCUT2D eigenvalue weighted by Gasteiger charge is -2.28. The number of hydrogen-bond acceptors (Lipinski definition) is 3. The number of nitrogens with zero attached hydrogens (tertiary/aromatic N) is 2. The number of anilines is 1. The maximum atomic E-state index is 13.4. The average molecular weight is 403 g/mol. The van der Waals surface area contributed by atoms with Gasteiger partial charge >= 0.3 is 0 Å². The maximum absolute atomic E-state index is 13.4. The highest BCUT2D eigenvalue weighted by molar-refractivity contribution is 5.95. The fourth-order valence-electron chi connectivity index (χ4n) is 3.00. The van der Waals surface area contributed by atoms with Crippen molar-refractivity contribution >= 4 is 17.5 Å². The molecule has 1 atom stereocenters.